The predicted octanol–water partition coefficient (Wildman–Crippen LogP) is 5.00. The van der Waals surface area contributed by atoms with E-state index in [0.717, 1.165) is 25.5 Å². The summed E-state index contributed by atoms with van der Waals surface area (Å²) in [7, 11) is 0. The molecule has 1 unspecified atom stereocenters. The highest BCUT2D eigenvalue weighted by Crippen LogP contribution is 2.40. The van der Waals surface area contributed by atoms with Gasteiger partial charge in [0.05, 0.1) is 5.76 Å². The van der Waals surface area contributed by atoms with Crippen LogP contribution in [0.2, 0.25) is 0 Å². The van der Waals surface area contributed by atoms with Gasteiger partial charge in [-0.25, -0.2) is 0 Å². The molecule has 0 aromatic carbocycles. The van der Waals surface area contributed by atoms with Gasteiger partial charge in [0, 0.05) is 13.0 Å². The van der Waals surface area contributed by atoms with Gasteiger partial charge < -0.3 is 4.74 Å². The van der Waals surface area contributed by atoms with Crippen LogP contribution in [0.5, 0.6) is 0 Å². The summed E-state index contributed by atoms with van der Waals surface area (Å²) in [5.41, 5.74) is 0.491. The van der Waals surface area contributed by atoms with Gasteiger partial charge in [-0.2, -0.15) is 0 Å². The third-order valence-corrected chi connectivity index (χ3v) is 5.51. The van der Waals surface area contributed by atoms with E-state index < -0.39 is 0 Å². The molecule has 122 valence electrons. The monoisotopic (exact) mass is 293 g/mol. The molecule has 2 heteroatoms. The quantitative estimate of drug-likeness (QED) is 0.655. The molecular formula is C19H35NO. The summed E-state index contributed by atoms with van der Waals surface area (Å²) in [4.78, 5) is 2.56. The number of rotatable bonds is 7. The van der Waals surface area contributed by atoms with Gasteiger partial charge in [-0.15, -0.1) is 0 Å². The van der Waals surface area contributed by atoms with Crippen LogP contribution >= 0.6 is 0 Å². The lowest BCUT2D eigenvalue weighted by atomic mass is 9.70. The van der Waals surface area contributed by atoms with Gasteiger partial charge in [0.15, 0.2) is 0 Å². The highest BCUT2D eigenvalue weighted by atomic mass is 16.5. The molecule has 2 nitrogen and oxygen atoms in total. The standard InChI is InChI=1S/C19H35NO/c1-4-12-19(2,3)17-8-10-18(11-9-17)21-16-15-20-13-6-5-7-14-20/h10,17H,4-9,11-16H2,1-3H3. The van der Waals surface area contributed by atoms with Crippen molar-refractivity contribution in [2.24, 2.45) is 11.3 Å². The predicted molar refractivity (Wildman–Crippen MR) is 90.4 cm³/mol. The fraction of sp³-hybridized carbons (Fsp3) is 0.895. The molecule has 21 heavy (non-hydrogen) atoms. The number of hydrogen-bond donors (Lipinski definition) is 0. The fourth-order valence-corrected chi connectivity index (χ4v) is 3.99. The Labute approximate surface area is 131 Å². The Bertz CT molecular complexity index is 328. The van der Waals surface area contributed by atoms with E-state index in [1.54, 1.807) is 0 Å². The van der Waals surface area contributed by atoms with E-state index in [-0.39, 0.29) is 0 Å². The van der Waals surface area contributed by atoms with Gasteiger partial charge >= 0.3 is 0 Å². The summed E-state index contributed by atoms with van der Waals surface area (Å²) in [6.07, 6.45) is 12.8. The molecule has 0 spiro atoms. The minimum Gasteiger partial charge on any atom is -0.497 e. The number of likely N-dealkylation sites (tertiary alicyclic amines) is 1. The largest absolute Gasteiger partial charge is 0.497 e. The maximum atomic E-state index is 6.03. The lowest BCUT2D eigenvalue weighted by molar-refractivity contribution is 0.118. The molecule has 2 rings (SSSR count). The van der Waals surface area contributed by atoms with Crippen LogP contribution in [0.4, 0.5) is 0 Å². The van der Waals surface area contributed by atoms with Crippen LogP contribution in [0.1, 0.15) is 72.1 Å². The van der Waals surface area contributed by atoms with Gasteiger partial charge in [0.2, 0.25) is 0 Å². The zero-order valence-corrected chi connectivity index (χ0v) is 14.5. The van der Waals surface area contributed by atoms with Gasteiger partial charge in [-0.1, -0.05) is 33.6 Å². The van der Waals surface area contributed by atoms with E-state index in [4.69, 9.17) is 4.74 Å². The first-order chi connectivity index (χ1) is 10.1. The molecule has 2 aliphatic rings. The number of allylic oxidation sites excluding steroid dienone is 2. The molecule has 0 aromatic heterocycles. The van der Waals surface area contributed by atoms with Crippen molar-refractivity contribution in [2.75, 3.05) is 26.2 Å². The van der Waals surface area contributed by atoms with Crippen LogP contribution in [-0.4, -0.2) is 31.1 Å². The molecule has 0 radical (unpaired) electrons. The number of hydrogen-bond acceptors (Lipinski definition) is 2. The molecule has 0 amide bonds. The first-order valence-electron chi connectivity index (χ1n) is 9.16. The van der Waals surface area contributed by atoms with Crippen LogP contribution in [0.15, 0.2) is 11.8 Å². The summed E-state index contributed by atoms with van der Waals surface area (Å²) in [6.45, 7) is 11.7. The number of ether oxygens (including phenoxy) is 1. The second-order valence-corrected chi connectivity index (χ2v) is 7.63. The molecule has 1 heterocycles. The second kappa shape index (κ2) is 8.22. The third kappa shape index (κ3) is 5.32. The van der Waals surface area contributed by atoms with Crippen molar-refractivity contribution in [3.05, 3.63) is 11.8 Å². The lowest BCUT2D eigenvalue weighted by Crippen LogP contribution is -2.32. The Kier molecular flexibility index (Phi) is 6.60. The van der Waals surface area contributed by atoms with E-state index in [1.165, 1.54) is 63.8 Å². The molecular weight excluding hydrogens is 258 g/mol. The molecule has 0 aromatic rings. The van der Waals surface area contributed by atoms with Crippen LogP contribution in [0, 0.1) is 11.3 Å². The Morgan fingerprint density at radius 1 is 1.24 bits per heavy atom. The molecule has 0 saturated carbocycles. The van der Waals surface area contributed by atoms with E-state index in [0.29, 0.717) is 5.41 Å². The molecule has 1 atom stereocenters. The summed E-state index contributed by atoms with van der Waals surface area (Å²) >= 11 is 0. The van der Waals surface area contributed by atoms with Crippen molar-refractivity contribution in [3.8, 4) is 0 Å². The van der Waals surface area contributed by atoms with Gasteiger partial charge in [0.1, 0.15) is 6.61 Å². The first kappa shape index (κ1) is 16.9. The Hall–Kier alpha value is -0.500. The average molecular weight is 293 g/mol. The Morgan fingerprint density at radius 3 is 2.62 bits per heavy atom. The van der Waals surface area contributed by atoms with Gasteiger partial charge in [-0.05, 0) is 62.6 Å². The summed E-state index contributed by atoms with van der Waals surface area (Å²) in [6, 6.07) is 0. The molecule has 1 saturated heterocycles. The van der Waals surface area contributed by atoms with Crippen LogP contribution < -0.4 is 0 Å². The molecule has 1 aliphatic heterocycles. The zero-order chi connectivity index (χ0) is 15.1. The van der Waals surface area contributed by atoms with Gasteiger partial charge in [0.25, 0.3) is 0 Å². The summed E-state index contributed by atoms with van der Waals surface area (Å²) < 4.78 is 6.03. The van der Waals surface area contributed by atoms with Crippen molar-refractivity contribution in [2.45, 2.75) is 72.1 Å². The van der Waals surface area contributed by atoms with Gasteiger partial charge in [-0.3, -0.25) is 4.90 Å². The highest BCUT2D eigenvalue weighted by molar-refractivity contribution is 5.01. The highest BCUT2D eigenvalue weighted by Gasteiger charge is 2.30. The van der Waals surface area contributed by atoms with Crippen molar-refractivity contribution in [1.82, 2.24) is 4.90 Å². The minimum absolute atomic E-state index is 0.491. The van der Waals surface area contributed by atoms with Crippen molar-refractivity contribution in [3.63, 3.8) is 0 Å². The van der Waals surface area contributed by atoms with Crippen LogP contribution in [0.3, 0.4) is 0 Å². The Balaban J connectivity index is 1.68. The van der Waals surface area contributed by atoms with E-state index in [9.17, 15) is 0 Å². The first-order valence-corrected chi connectivity index (χ1v) is 9.16. The molecule has 0 N–H and O–H groups in total. The maximum absolute atomic E-state index is 6.03. The number of nitrogens with zero attached hydrogens (tertiary/aromatic N) is 1. The summed E-state index contributed by atoms with van der Waals surface area (Å²) in [5, 5.41) is 0. The zero-order valence-electron chi connectivity index (χ0n) is 14.5. The maximum Gasteiger partial charge on any atom is 0.100 e. The van der Waals surface area contributed by atoms with E-state index in [1.807, 2.05) is 0 Å². The van der Waals surface area contributed by atoms with Crippen molar-refractivity contribution >= 4 is 0 Å². The molecule has 1 aliphatic carbocycles. The second-order valence-electron chi connectivity index (χ2n) is 7.63. The van der Waals surface area contributed by atoms with E-state index >= 15 is 0 Å². The van der Waals surface area contributed by atoms with E-state index in [2.05, 4.69) is 31.7 Å². The normalized spacial score (nSPS) is 24.7. The molecule has 0 bridgehead atoms. The smallest absolute Gasteiger partial charge is 0.100 e. The lowest BCUT2D eigenvalue weighted by Gasteiger charge is -2.36. The summed E-state index contributed by atoms with van der Waals surface area (Å²) in [5.74, 6) is 2.10. The molecule has 1 fully saturated rings. The average Bonchev–Trinajstić information content (AvgIpc) is 2.49. The number of piperidine rings is 1. The van der Waals surface area contributed by atoms with Crippen molar-refractivity contribution in [1.29, 1.82) is 0 Å². The van der Waals surface area contributed by atoms with Crippen LogP contribution in [-0.2, 0) is 4.74 Å². The Morgan fingerprint density at radius 2 is 2.00 bits per heavy atom. The minimum atomic E-state index is 0.491. The van der Waals surface area contributed by atoms with Crippen LogP contribution in [0.25, 0.3) is 0 Å². The third-order valence-electron chi connectivity index (χ3n) is 5.51. The van der Waals surface area contributed by atoms with Crippen molar-refractivity contribution < 1.29 is 4.74 Å². The fourth-order valence-electron chi connectivity index (χ4n) is 3.99. The SMILES string of the molecule is CCCC(C)(C)C1CC=C(OCCN2CCCCC2)CC1. The topological polar surface area (TPSA) is 12.5 Å².